The van der Waals surface area contributed by atoms with Gasteiger partial charge in [0.15, 0.2) is 12.0 Å². The smallest absolute Gasteiger partial charge is 0.173 e. The minimum absolute atomic E-state index is 0.0120. The quantitative estimate of drug-likeness (QED) is 0.674. The van der Waals surface area contributed by atoms with Crippen LogP contribution in [-0.4, -0.2) is 34.4 Å². The van der Waals surface area contributed by atoms with Crippen molar-refractivity contribution >= 4 is 5.78 Å². The Hall–Kier alpha value is -0.740. The van der Waals surface area contributed by atoms with Gasteiger partial charge < -0.3 is 10.2 Å². The lowest BCUT2D eigenvalue weighted by atomic mass is 9.47. The Kier molecular flexibility index (Phi) is 3.35. The first-order valence-electron chi connectivity index (χ1n) is 9.03. The van der Waals surface area contributed by atoms with E-state index in [2.05, 4.69) is 6.92 Å². The van der Waals surface area contributed by atoms with Crippen LogP contribution >= 0.6 is 0 Å². The maximum absolute atomic E-state index is 14.2. The Balaban J connectivity index is 1.75. The number of Topliss-reactive ketones (excluding diaryl/α,β-unsaturated/α-hetero) is 1. The maximum atomic E-state index is 14.2. The van der Waals surface area contributed by atoms with Gasteiger partial charge in [0.25, 0.3) is 0 Å². The number of alkyl halides is 1. The summed E-state index contributed by atoms with van der Waals surface area (Å²) in [5.74, 6) is -0.0315. The summed E-state index contributed by atoms with van der Waals surface area (Å²) in [5.41, 5.74) is 0.564. The molecule has 23 heavy (non-hydrogen) atoms. The van der Waals surface area contributed by atoms with Gasteiger partial charge in [0.2, 0.25) is 0 Å². The summed E-state index contributed by atoms with van der Waals surface area (Å²) in [6.07, 6.45) is 3.87. The Bertz CT molecular complexity index is 573. The van der Waals surface area contributed by atoms with Gasteiger partial charge in [0.1, 0.15) is 0 Å². The zero-order chi connectivity index (χ0) is 16.6. The summed E-state index contributed by atoms with van der Waals surface area (Å²) in [5, 5.41) is 20.8. The highest BCUT2D eigenvalue weighted by Crippen LogP contribution is 2.64. The molecule has 0 aromatic rings. The molecule has 8 unspecified atom stereocenters. The second-order valence-corrected chi connectivity index (χ2v) is 8.81. The number of fused-ring (bicyclic) bond motifs is 5. The largest absolute Gasteiger partial charge is 0.393 e. The highest BCUT2D eigenvalue weighted by molar-refractivity contribution is 5.91. The number of aliphatic hydroxyl groups excluding tert-OH is 2. The number of hydrogen-bond acceptors (Lipinski definition) is 3. The van der Waals surface area contributed by atoms with E-state index >= 15 is 0 Å². The Morgan fingerprint density at radius 1 is 1.13 bits per heavy atom. The molecule has 128 valence electrons. The summed E-state index contributed by atoms with van der Waals surface area (Å²) >= 11 is 0. The van der Waals surface area contributed by atoms with Crippen LogP contribution in [0.2, 0.25) is 0 Å². The molecular weight excluding hydrogens is 295 g/mol. The highest BCUT2D eigenvalue weighted by atomic mass is 19.1. The van der Waals surface area contributed by atoms with E-state index in [9.17, 15) is 19.4 Å². The standard InChI is InChI=1S/C19H27FO3/c1-18-5-3-11(21)7-10(18)8-15(22)16-12(18)4-6-19(2)13(16)9-14(20)17(19)23/h8,11-16,21-22H,3-7,9H2,1-2H3. The third-order valence-corrected chi connectivity index (χ3v) is 7.80. The van der Waals surface area contributed by atoms with Gasteiger partial charge in [-0.15, -0.1) is 0 Å². The van der Waals surface area contributed by atoms with E-state index in [-0.39, 0.29) is 35.6 Å². The van der Waals surface area contributed by atoms with Crippen LogP contribution in [0.15, 0.2) is 11.6 Å². The molecule has 4 aliphatic rings. The Morgan fingerprint density at radius 3 is 2.57 bits per heavy atom. The van der Waals surface area contributed by atoms with Gasteiger partial charge in [-0.25, -0.2) is 4.39 Å². The molecule has 3 fully saturated rings. The van der Waals surface area contributed by atoms with Gasteiger partial charge in [-0.1, -0.05) is 25.5 Å². The molecule has 0 radical (unpaired) electrons. The fourth-order valence-electron chi connectivity index (χ4n) is 6.38. The van der Waals surface area contributed by atoms with Crippen molar-refractivity contribution in [2.45, 2.75) is 70.8 Å². The summed E-state index contributed by atoms with van der Waals surface area (Å²) in [6.45, 7) is 4.16. The van der Waals surface area contributed by atoms with Crippen LogP contribution in [-0.2, 0) is 4.79 Å². The lowest BCUT2D eigenvalue weighted by Crippen LogP contribution is -2.54. The van der Waals surface area contributed by atoms with Crippen molar-refractivity contribution in [1.29, 1.82) is 0 Å². The van der Waals surface area contributed by atoms with Crippen LogP contribution in [0.5, 0.6) is 0 Å². The van der Waals surface area contributed by atoms with Crippen LogP contribution in [0.1, 0.15) is 52.4 Å². The molecule has 0 saturated heterocycles. The molecule has 3 saturated carbocycles. The van der Waals surface area contributed by atoms with Crippen molar-refractivity contribution in [3.05, 3.63) is 11.6 Å². The van der Waals surface area contributed by atoms with Crippen LogP contribution in [0.4, 0.5) is 4.39 Å². The third kappa shape index (κ3) is 1.97. The number of aliphatic hydroxyl groups is 2. The topological polar surface area (TPSA) is 57.5 Å². The molecular formula is C19H27FO3. The molecule has 0 amide bonds. The molecule has 0 aliphatic heterocycles. The van der Waals surface area contributed by atoms with Gasteiger partial charge in [0.05, 0.1) is 12.2 Å². The van der Waals surface area contributed by atoms with E-state index in [0.29, 0.717) is 12.3 Å². The number of hydrogen-bond donors (Lipinski definition) is 2. The molecule has 0 aromatic carbocycles. The molecule has 0 aromatic heterocycles. The number of carbonyl (C=O) groups is 1. The van der Waals surface area contributed by atoms with Crippen LogP contribution in [0.25, 0.3) is 0 Å². The molecule has 0 heterocycles. The molecule has 8 atom stereocenters. The van der Waals surface area contributed by atoms with Gasteiger partial charge in [-0.3, -0.25) is 4.79 Å². The first-order valence-corrected chi connectivity index (χ1v) is 9.03. The van der Waals surface area contributed by atoms with Gasteiger partial charge in [-0.05, 0) is 61.7 Å². The molecule has 4 heteroatoms. The molecule has 4 aliphatic carbocycles. The lowest BCUT2D eigenvalue weighted by molar-refractivity contribution is -0.137. The van der Waals surface area contributed by atoms with E-state index in [4.69, 9.17) is 0 Å². The van der Waals surface area contributed by atoms with E-state index in [1.54, 1.807) is 0 Å². The third-order valence-electron chi connectivity index (χ3n) is 7.80. The average molecular weight is 322 g/mol. The minimum atomic E-state index is -1.36. The molecule has 3 nitrogen and oxygen atoms in total. The number of carbonyl (C=O) groups excluding carboxylic acids is 1. The molecule has 0 bridgehead atoms. The maximum Gasteiger partial charge on any atom is 0.173 e. The van der Waals surface area contributed by atoms with Crippen LogP contribution < -0.4 is 0 Å². The van der Waals surface area contributed by atoms with Crippen molar-refractivity contribution in [1.82, 2.24) is 0 Å². The van der Waals surface area contributed by atoms with E-state index in [1.165, 1.54) is 5.57 Å². The average Bonchev–Trinajstić information content (AvgIpc) is 2.73. The first-order chi connectivity index (χ1) is 10.8. The fraction of sp³-hybridized carbons (Fsp3) is 0.842. The summed E-state index contributed by atoms with van der Waals surface area (Å²) in [4.78, 5) is 12.3. The predicted molar refractivity (Wildman–Crippen MR) is 84.4 cm³/mol. The highest BCUT2D eigenvalue weighted by Gasteiger charge is 2.63. The fourth-order valence-corrected chi connectivity index (χ4v) is 6.38. The molecule has 0 spiro atoms. The number of ketones is 1. The van der Waals surface area contributed by atoms with Gasteiger partial charge in [-0.2, -0.15) is 0 Å². The molecule has 4 rings (SSSR count). The lowest BCUT2D eigenvalue weighted by Gasteiger charge is -2.57. The van der Waals surface area contributed by atoms with Crippen molar-refractivity contribution in [3.63, 3.8) is 0 Å². The van der Waals surface area contributed by atoms with Crippen molar-refractivity contribution < 1.29 is 19.4 Å². The zero-order valence-corrected chi connectivity index (χ0v) is 14.0. The summed E-state index contributed by atoms with van der Waals surface area (Å²) < 4.78 is 14.2. The SMILES string of the molecule is CC12CCC3C(C(O)C=C4CC(O)CCC43C)C1CC(F)C2=O. The summed E-state index contributed by atoms with van der Waals surface area (Å²) in [7, 11) is 0. The van der Waals surface area contributed by atoms with E-state index < -0.39 is 17.7 Å². The Labute approximate surface area is 137 Å². The van der Waals surface area contributed by atoms with Crippen molar-refractivity contribution in [2.75, 3.05) is 0 Å². The number of halogens is 1. The molecule has 2 N–H and O–H groups in total. The Morgan fingerprint density at radius 2 is 1.83 bits per heavy atom. The van der Waals surface area contributed by atoms with Gasteiger partial charge in [0, 0.05) is 5.41 Å². The minimum Gasteiger partial charge on any atom is -0.393 e. The zero-order valence-electron chi connectivity index (χ0n) is 14.0. The second-order valence-electron chi connectivity index (χ2n) is 8.81. The van der Waals surface area contributed by atoms with E-state index in [0.717, 1.165) is 25.7 Å². The normalized spacial score (nSPS) is 55.7. The van der Waals surface area contributed by atoms with Crippen LogP contribution in [0.3, 0.4) is 0 Å². The van der Waals surface area contributed by atoms with Crippen molar-refractivity contribution in [2.24, 2.45) is 28.6 Å². The van der Waals surface area contributed by atoms with Crippen molar-refractivity contribution in [3.8, 4) is 0 Å². The first kappa shape index (κ1) is 15.8. The van der Waals surface area contributed by atoms with Gasteiger partial charge >= 0.3 is 0 Å². The summed E-state index contributed by atoms with van der Waals surface area (Å²) in [6, 6.07) is 0. The monoisotopic (exact) mass is 322 g/mol. The van der Waals surface area contributed by atoms with E-state index in [1.807, 2.05) is 13.0 Å². The number of rotatable bonds is 0. The predicted octanol–water partition coefficient (Wildman–Crippen LogP) is 2.80. The van der Waals surface area contributed by atoms with Crippen LogP contribution in [0, 0.1) is 28.6 Å². The second kappa shape index (κ2) is 4.89.